The molecule has 0 saturated carbocycles. The molecule has 32 heavy (non-hydrogen) atoms. The van der Waals surface area contributed by atoms with Crippen molar-refractivity contribution in [1.29, 1.82) is 0 Å². The third kappa shape index (κ3) is 4.96. The zero-order valence-electron chi connectivity index (χ0n) is 17.9. The van der Waals surface area contributed by atoms with Crippen molar-refractivity contribution in [2.45, 2.75) is 44.7 Å². The van der Waals surface area contributed by atoms with Gasteiger partial charge in [-0.15, -0.1) is 10.2 Å². The van der Waals surface area contributed by atoms with Gasteiger partial charge in [0.15, 0.2) is 0 Å². The highest BCUT2D eigenvalue weighted by molar-refractivity contribution is 7.53. The number of rotatable bonds is 9. The Morgan fingerprint density at radius 1 is 1.09 bits per heavy atom. The topological polar surface area (TPSA) is 117 Å². The second-order valence-corrected chi connectivity index (χ2v) is 9.45. The summed E-state index contributed by atoms with van der Waals surface area (Å²) in [6.45, 7) is 3.51. The van der Waals surface area contributed by atoms with Crippen LogP contribution in [0.5, 0.6) is 0 Å². The van der Waals surface area contributed by atoms with E-state index in [-0.39, 0.29) is 18.1 Å². The van der Waals surface area contributed by atoms with Crippen molar-refractivity contribution in [1.82, 2.24) is 14.8 Å². The molecule has 0 saturated heterocycles. The smallest absolute Gasteiger partial charge is 0.326 e. The van der Waals surface area contributed by atoms with E-state index < -0.39 is 12.8 Å². The van der Waals surface area contributed by atoms with E-state index in [1.165, 1.54) is 18.5 Å². The van der Waals surface area contributed by atoms with Gasteiger partial charge in [-0.05, 0) is 54.8 Å². The Morgan fingerprint density at radius 3 is 2.28 bits per heavy atom. The molecule has 3 N–H and O–H groups in total. The number of hydrogen-bond acceptors (Lipinski definition) is 4. The molecule has 0 unspecified atom stereocenters. The fourth-order valence-electron chi connectivity index (χ4n) is 3.80. The zero-order valence-corrected chi connectivity index (χ0v) is 18.8. The van der Waals surface area contributed by atoms with Crippen molar-refractivity contribution in [3.05, 3.63) is 72.1 Å². The summed E-state index contributed by atoms with van der Waals surface area (Å²) in [6.07, 6.45) is 2.59. The van der Waals surface area contributed by atoms with Crippen molar-refractivity contribution >= 4 is 19.2 Å². The minimum atomic E-state index is -4.37. The first-order chi connectivity index (χ1) is 15.2. The number of aromatic nitrogens is 3. The molecule has 1 amide bonds. The van der Waals surface area contributed by atoms with Crippen LogP contribution >= 0.6 is 7.60 Å². The predicted molar refractivity (Wildman–Crippen MR) is 119 cm³/mol. The lowest BCUT2D eigenvalue weighted by Crippen LogP contribution is -2.24. The maximum atomic E-state index is 13.1. The lowest BCUT2D eigenvalue weighted by molar-refractivity contribution is -0.116. The SMILES string of the molecule is CCC(CC)(c1ccc(NC(=O)CCc2nncn2-c2ccc(F)cc2)cc1)P(=O)(O)O. The quantitative estimate of drug-likeness (QED) is 0.413. The Labute approximate surface area is 185 Å². The molecule has 10 heteroatoms. The molecule has 3 rings (SSSR count). The standard InChI is InChI=1S/C22H26FN4O4P/c1-3-22(4-2,32(29,30)31)16-5-9-18(10-6-16)25-21(28)14-13-20-26-24-15-27(20)19-11-7-17(23)8-12-19/h5-12,15H,3-4,13-14H2,1-2H3,(H,25,28)(H2,29,30,31). The molecule has 8 nitrogen and oxygen atoms in total. The summed E-state index contributed by atoms with van der Waals surface area (Å²) in [5, 5.41) is 9.46. The molecule has 0 fully saturated rings. The van der Waals surface area contributed by atoms with Gasteiger partial charge in [0, 0.05) is 24.2 Å². The number of benzene rings is 2. The largest absolute Gasteiger partial charge is 0.335 e. The molecule has 2 aromatic carbocycles. The van der Waals surface area contributed by atoms with Crippen LogP contribution in [0.3, 0.4) is 0 Å². The molecule has 0 aliphatic heterocycles. The number of anilines is 1. The van der Waals surface area contributed by atoms with Crippen LogP contribution in [0.2, 0.25) is 0 Å². The molecule has 0 spiro atoms. The molecule has 170 valence electrons. The number of halogens is 1. The number of carbonyl (C=O) groups excluding carboxylic acids is 1. The van der Waals surface area contributed by atoms with Gasteiger partial charge in [-0.25, -0.2) is 4.39 Å². The fourth-order valence-corrected chi connectivity index (χ4v) is 5.11. The molecule has 0 atom stereocenters. The first kappa shape index (κ1) is 23.8. The summed E-state index contributed by atoms with van der Waals surface area (Å²) in [5.74, 6) is -0.0113. The lowest BCUT2D eigenvalue weighted by Gasteiger charge is -2.33. The van der Waals surface area contributed by atoms with Crippen LogP contribution in [0.15, 0.2) is 54.9 Å². The second kappa shape index (κ2) is 9.73. The maximum absolute atomic E-state index is 13.1. The Morgan fingerprint density at radius 2 is 1.72 bits per heavy atom. The van der Waals surface area contributed by atoms with E-state index in [1.54, 1.807) is 54.8 Å². The van der Waals surface area contributed by atoms with Gasteiger partial charge in [0.2, 0.25) is 5.91 Å². The third-order valence-corrected chi connectivity index (χ3v) is 7.74. The van der Waals surface area contributed by atoms with Gasteiger partial charge in [0.1, 0.15) is 18.0 Å². The van der Waals surface area contributed by atoms with Crippen molar-refractivity contribution in [3.63, 3.8) is 0 Å². The Bertz CT molecular complexity index is 1110. The summed E-state index contributed by atoms with van der Waals surface area (Å²) < 4.78 is 27.0. The summed E-state index contributed by atoms with van der Waals surface area (Å²) in [4.78, 5) is 32.2. The van der Waals surface area contributed by atoms with Crippen molar-refractivity contribution in [2.24, 2.45) is 0 Å². The van der Waals surface area contributed by atoms with E-state index in [9.17, 15) is 23.5 Å². The maximum Gasteiger partial charge on any atom is 0.335 e. The fraction of sp³-hybridized carbons (Fsp3) is 0.318. The summed E-state index contributed by atoms with van der Waals surface area (Å²) in [7, 11) is -4.37. The van der Waals surface area contributed by atoms with Crippen LogP contribution < -0.4 is 5.32 Å². The minimum Gasteiger partial charge on any atom is -0.326 e. The average Bonchev–Trinajstić information content (AvgIpc) is 3.23. The van der Waals surface area contributed by atoms with Crippen LogP contribution in [0.4, 0.5) is 10.1 Å². The summed E-state index contributed by atoms with van der Waals surface area (Å²) in [5.41, 5.74) is 1.77. The van der Waals surface area contributed by atoms with Crippen molar-refractivity contribution < 1.29 is 23.5 Å². The Kier molecular flexibility index (Phi) is 7.23. The molecule has 1 aromatic heterocycles. The lowest BCUT2D eigenvalue weighted by atomic mass is 9.92. The van der Waals surface area contributed by atoms with Crippen LogP contribution in [0.25, 0.3) is 5.69 Å². The normalized spacial score (nSPS) is 12.0. The zero-order chi connectivity index (χ0) is 23.4. The first-order valence-electron chi connectivity index (χ1n) is 10.3. The van der Waals surface area contributed by atoms with Crippen LogP contribution in [0, 0.1) is 5.82 Å². The van der Waals surface area contributed by atoms with Gasteiger partial charge < -0.3 is 15.1 Å². The molecular weight excluding hydrogens is 434 g/mol. The van der Waals surface area contributed by atoms with Gasteiger partial charge in [0.05, 0.1) is 5.16 Å². The van der Waals surface area contributed by atoms with E-state index in [4.69, 9.17) is 0 Å². The van der Waals surface area contributed by atoms with E-state index in [0.717, 1.165) is 0 Å². The first-order valence-corrected chi connectivity index (χ1v) is 11.9. The number of hydrogen-bond donors (Lipinski definition) is 3. The Hall–Kier alpha value is -2.87. The Balaban J connectivity index is 1.65. The average molecular weight is 460 g/mol. The number of aryl methyl sites for hydroxylation is 1. The molecule has 0 radical (unpaired) electrons. The van der Waals surface area contributed by atoms with Crippen molar-refractivity contribution in [2.75, 3.05) is 5.32 Å². The molecule has 0 aliphatic carbocycles. The number of nitrogens with one attached hydrogen (secondary N) is 1. The van der Waals surface area contributed by atoms with Gasteiger partial charge in [-0.3, -0.25) is 13.9 Å². The van der Waals surface area contributed by atoms with Crippen LogP contribution in [-0.4, -0.2) is 30.5 Å². The second-order valence-electron chi connectivity index (χ2n) is 7.50. The van der Waals surface area contributed by atoms with Gasteiger partial charge >= 0.3 is 7.60 Å². The van der Waals surface area contributed by atoms with E-state index in [2.05, 4.69) is 15.5 Å². The molecular formula is C22H26FN4O4P. The van der Waals surface area contributed by atoms with Gasteiger partial charge in [-0.1, -0.05) is 26.0 Å². The van der Waals surface area contributed by atoms with Crippen LogP contribution in [0.1, 0.15) is 44.5 Å². The third-order valence-electron chi connectivity index (χ3n) is 5.73. The highest BCUT2D eigenvalue weighted by Gasteiger charge is 2.45. The van der Waals surface area contributed by atoms with Gasteiger partial charge in [-0.2, -0.15) is 0 Å². The number of carbonyl (C=O) groups is 1. The summed E-state index contributed by atoms with van der Waals surface area (Å²) in [6, 6.07) is 12.5. The van der Waals surface area contributed by atoms with Crippen molar-refractivity contribution in [3.8, 4) is 5.69 Å². The molecule has 1 heterocycles. The number of amides is 1. The molecule has 0 aliphatic rings. The number of nitrogens with zero attached hydrogens (tertiary/aromatic N) is 3. The van der Waals surface area contributed by atoms with Crippen LogP contribution in [-0.2, 0) is 20.9 Å². The van der Waals surface area contributed by atoms with E-state index in [1.807, 2.05) is 0 Å². The predicted octanol–water partition coefficient (Wildman–Crippen LogP) is 4.17. The van der Waals surface area contributed by atoms with E-state index in [0.29, 0.717) is 42.0 Å². The molecule has 0 bridgehead atoms. The minimum absolute atomic E-state index is 0.151. The highest BCUT2D eigenvalue weighted by Crippen LogP contribution is 2.60. The molecule has 3 aromatic rings. The van der Waals surface area contributed by atoms with E-state index >= 15 is 0 Å². The van der Waals surface area contributed by atoms with Gasteiger partial charge in [0.25, 0.3) is 0 Å². The highest BCUT2D eigenvalue weighted by atomic mass is 31.2. The monoisotopic (exact) mass is 460 g/mol. The summed E-state index contributed by atoms with van der Waals surface area (Å²) >= 11 is 0.